The van der Waals surface area contributed by atoms with Gasteiger partial charge in [-0.2, -0.15) is 0 Å². The van der Waals surface area contributed by atoms with Gasteiger partial charge in [0.05, 0.1) is 6.61 Å². The summed E-state index contributed by atoms with van der Waals surface area (Å²) in [5.74, 6) is 5.61. The summed E-state index contributed by atoms with van der Waals surface area (Å²) >= 11 is 0. The molecule has 0 heterocycles. The van der Waals surface area contributed by atoms with Gasteiger partial charge in [-0.3, -0.25) is 10.2 Å². The Labute approximate surface area is 130 Å². The number of benzene rings is 2. The maximum atomic E-state index is 11.4. The highest BCUT2D eigenvalue weighted by atomic mass is 16.5. The summed E-state index contributed by atoms with van der Waals surface area (Å²) in [7, 11) is 0. The molecule has 22 heavy (non-hydrogen) atoms. The predicted molar refractivity (Wildman–Crippen MR) is 85.5 cm³/mol. The molecule has 2 aromatic rings. The second-order valence-corrected chi connectivity index (χ2v) is 4.62. The van der Waals surface area contributed by atoms with E-state index in [1.54, 1.807) is 12.1 Å². The summed E-state index contributed by atoms with van der Waals surface area (Å²) < 4.78 is 10.8. The van der Waals surface area contributed by atoms with Crippen LogP contribution in [-0.2, 0) is 4.74 Å². The number of carbonyl (C=O) groups excluding carboxylic acids is 1. The first-order valence-corrected chi connectivity index (χ1v) is 7.16. The molecule has 1 amide bonds. The number of hydrazine groups is 1. The molecule has 0 aliphatic heterocycles. The van der Waals surface area contributed by atoms with Crippen LogP contribution in [0.4, 0.5) is 0 Å². The molecule has 0 aliphatic rings. The van der Waals surface area contributed by atoms with Gasteiger partial charge in [0, 0.05) is 12.2 Å². The monoisotopic (exact) mass is 300 g/mol. The van der Waals surface area contributed by atoms with E-state index in [1.165, 1.54) is 0 Å². The zero-order valence-electron chi connectivity index (χ0n) is 12.5. The molecule has 0 atom stereocenters. The molecule has 0 fully saturated rings. The van der Waals surface area contributed by atoms with Crippen LogP contribution in [0, 0.1) is 0 Å². The van der Waals surface area contributed by atoms with Crippen LogP contribution in [-0.4, -0.2) is 25.7 Å². The van der Waals surface area contributed by atoms with E-state index in [9.17, 15) is 4.79 Å². The summed E-state index contributed by atoms with van der Waals surface area (Å²) in [5, 5.41) is 0. The molecule has 0 bridgehead atoms. The zero-order valence-corrected chi connectivity index (χ0v) is 12.5. The molecule has 3 N–H and O–H groups in total. The standard InChI is InChI=1S/C17H20N2O3/c1-2-21-11-12-22-16-9-7-14(8-10-16)13-3-5-15(6-4-13)17(20)19-18/h3-10H,2,11-12,18H2,1H3,(H,19,20). The second kappa shape index (κ2) is 8.17. The number of hydrogen-bond acceptors (Lipinski definition) is 4. The van der Waals surface area contributed by atoms with E-state index in [2.05, 4.69) is 5.43 Å². The van der Waals surface area contributed by atoms with Crippen molar-refractivity contribution in [3.63, 3.8) is 0 Å². The lowest BCUT2D eigenvalue weighted by atomic mass is 10.0. The highest BCUT2D eigenvalue weighted by Gasteiger charge is 2.04. The van der Waals surface area contributed by atoms with Gasteiger partial charge in [0.2, 0.25) is 0 Å². The zero-order chi connectivity index (χ0) is 15.8. The number of amides is 1. The molecule has 0 spiro atoms. The Hall–Kier alpha value is -2.37. The number of rotatable bonds is 7. The minimum atomic E-state index is -0.301. The molecule has 0 saturated carbocycles. The Balaban J connectivity index is 1.99. The summed E-state index contributed by atoms with van der Waals surface area (Å²) in [5.41, 5.74) is 4.72. The topological polar surface area (TPSA) is 73.6 Å². The van der Waals surface area contributed by atoms with Crippen molar-refractivity contribution >= 4 is 5.91 Å². The molecule has 2 aromatic carbocycles. The summed E-state index contributed by atoms with van der Waals surface area (Å²) in [6, 6.07) is 15.0. The van der Waals surface area contributed by atoms with Gasteiger partial charge in [0.25, 0.3) is 5.91 Å². The van der Waals surface area contributed by atoms with E-state index in [-0.39, 0.29) is 5.91 Å². The van der Waals surface area contributed by atoms with Gasteiger partial charge in [-0.25, -0.2) is 5.84 Å². The van der Waals surface area contributed by atoms with Crippen molar-refractivity contribution < 1.29 is 14.3 Å². The summed E-state index contributed by atoms with van der Waals surface area (Å²) in [6.45, 7) is 3.77. The Bertz CT molecular complexity index is 594. The van der Waals surface area contributed by atoms with Gasteiger partial charge in [0.15, 0.2) is 0 Å². The molecule has 0 aliphatic carbocycles. The Morgan fingerprint density at radius 1 is 1.00 bits per heavy atom. The molecular formula is C17H20N2O3. The van der Waals surface area contributed by atoms with Gasteiger partial charge in [0.1, 0.15) is 12.4 Å². The fourth-order valence-corrected chi connectivity index (χ4v) is 2.00. The largest absolute Gasteiger partial charge is 0.491 e. The summed E-state index contributed by atoms with van der Waals surface area (Å²) in [4.78, 5) is 11.4. The van der Waals surface area contributed by atoms with Crippen LogP contribution >= 0.6 is 0 Å². The minimum absolute atomic E-state index is 0.301. The maximum absolute atomic E-state index is 11.4. The van der Waals surface area contributed by atoms with Gasteiger partial charge in [-0.1, -0.05) is 24.3 Å². The summed E-state index contributed by atoms with van der Waals surface area (Å²) in [6.07, 6.45) is 0. The van der Waals surface area contributed by atoms with Crippen LogP contribution in [0.15, 0.2) is 48.5 Å². The Kier molecular flexibility index (Phi) is 5.94. The van der Waals surface area contributed by atoms with Crippen molar-refractivity contribution in [1.82, 2.24) is 5.43 Å². The Morgan fingerprint density at radius 3 is 2.14 bits per heavy atom. The van der Waals surface area contributed by atoms with E-state index in [0.29, 0.717) is 25.4 Å². The van der Waals surface area contributed by atoms with E-state index in [0.717, 1.165) is 16.9 Å². The first-order valence-electron chi connectivity index (χ1n) is 7.16. The smallest absolute Gasteiger partial charge is 0.265 e. The molecule has 2 rings (SSSR count). The van der Waals surface area contributed by atoms with E-state index in [1.807, 2.05) is 43.3 Å². The first-order chi connectivity index (χ1) is 10.7. The van der Waals surface area contributed by atoms with Crippen molar-refractivity contribution in [2.45, 2.75) is 6.92 Å². The normalized spacial score (nSPS) is 10.3. The third-order valence-corrected chi connectivity index (χ3v) is 3.17. The second-order valence-electron chi connectivity index (χ2n) is 4.62. The molecule has 116 valence electrons. The van der Waals surface area contributed by atoms with Crippen LogP contribution in [0.5, 0.6) is 5.75 Å². The number of ether oxygens (including phenoxy) is 2. The fourth-order valence-electron chi connectivity index (χ4n) is 2.00. The molecule has 0 saturated heterocycles. The fraction of sp³-hybridized carbons (Fsp3) is 0.235. The Morgan fingerprint density at radius 2 is 1.59 bits per heavy atom. The number of nitrogens with one attached hydrogen (secondary N) is 1. The maximum Gasteiger partial charge on any atom is 0.265 e. The first kappa shape index (κ1) is 16.0. The van der Waals surface area contributed by atoms with Crippen LogP contribution in [0.3, 0.4) is 0 Å². The highest BCUT2D eigenvalue weighted by molar-refractivity contribution is 5.94. The van der Waals surface area contributed by atoms with Crippen LogP contribution in [0.1, 0.15) is 17.3 Å². The molecular weight excluding hydrogens is 280 g/mol. The molecule has 5 nitrogen and oxygen atoms in total. The number of hydrogen-bond donors (Lipinski definition) is 2. The quantitative estimate of drug-likeness (QED) is 0.356. The lowest BCUT2D eigenvalue weighted by Gasteiger charge is -2.08. The minimum Gasteiger partial charge on any atom is -0.491 e. The van der Waals surface area contributed by atoms with Crippen molar-refractivity contribution in [1.29, 1.82) is 0 Å². The lowest BCUT2D eigenvalue weighted by Crippen LogP contribution is -2.29. The predicted octanol–water partition coefficient (Wildman–Crippen LogP) is 2.37. The van der Waals surface area contributed by atoms with Crippen molar-refractivity contribution in [2.24, 2.45) is 5.84 Å². The third-order valence-electron chi connectivity index (χ3n) is 3.17. The van der Waals surface area contributed by atoms with Crippen molar-refractivity contribution in [3.8, 4) is 16.9 Å². The molecule has 0 unspecified atom stereocenters. The molecule has 5 heteroatoms. The van der Waals surface area contributed by atoms with E-state index >= 15 is 0 Å². The number of carbonyl (C=O) groups is 1. The average Bonchev–Trinajstić information content (AvgIpc) is 2.59. The average molecular weight is 300 g/mol. The third kappa shape index (κ3) is 4.31. The number of nitrogen functional groups attached to an aromatic ring is 1. The van der Waals surface area contributed by atoms with E-state index < -0.39 is 0 Å². The number of nitrogens with two attached hydrogens (primary N) is 1. The van der Waals surface area contributed by atoms with Gasteiger partial charge in [-0.15, -0.1) is 0 Å². The highest BCUT2D eigenvalue weighted by Crippen LogP contribution is 2.22. The molecule has 0 aromatic heterocycles. The van der Waals surface area contributed by atoms with Gasteiger partial charge < -0.3 is 9.47 Å². The van der Waals surface area contributed by atoms with Crippen LogP contribution in [0.25, 0.3) is 11.1 Å². The van der Waals surface area contributed by atoms with Gasteiger partial charge >= 0.3 is 0 Å². The SMILES string of the molecule is CCOCCOc1ccc(-c2ccc(C(=O)NN)cc2)cc1. The lowest BCUT2D eigenvalue weighted by molar-refractivity contribution is 0.0953. The van der Waals surface area contributed by atoms with Gasteiger partial charge in [-0.05, 0) is 42.3 Å². The van der Waals surface area contributed by atoms with Crippen LogP contribution < -0.4 is 16.0 Å². The van der Waals surface area contributed by atoms with Crippen LogP contribution in [0.2, 0.25) is 0 Å². The van der Waals surface area contributed by atoms with E-state index in [4.69, 9.17) is 15.3 Å². The van der Waals surface area contributed by atoms with Crippen molar-refractivity contribution in [2.75, 3.05) is 19.8 Å². The molecule has 0 radical (unpaired) electrons. The van der Waals surface area contributed by atoms with Crippen molar-refractivity contribution in [3.05, 3.63) is 54.1 Å².